The van der Waals surface area contributed by atoms with E-state index in [4.69, 9.17) is 9.72 Å². The maximum atomic E-state index is 13.5. The summed E-state index contributed by atoms with van der Waals surface area (Å²) in [6.07, 6.45) is 0. The maximum Gasteiger partial charge on any atom is 0.301 e. The van der Waals surface area contributed by atoms with E-state index in [1.54, 1.807) is 24.3 Å². The van der Waals surface area contributed by atoms with Gasteiger partial charge in [-0.25, -0.2) is 4.98 Å². The number of fused-ring (bicyclic) bond motifs is 1. The smallest absolute Gasteiger partial charge is 0.301 e. The third kappa shape index (κ3) is 4.40. The molecule has 4 aromatic rings. The number of ether oxygens (including phenoxy) is 1. The van der Waals surface area contributed by atoms with Gasteiger partial charge < -0.3 is 9.84 Å². The molecule has 5 rings (SSSR count). The number of Topliss-reactive ketones (excluding diaryl/α,β-unsaturated/α-hetero) is 1. The molecule has 1 aliphatic rings. The lowest BCUT2D eigenvalue weighted by Crippen LogP contribution is -2.29. The lowest BCUT2D eigenvalue weighted by atomic mass is 9.85. The highest BCUT2D eigenvalue weighted by Gasteiger charge is 2.48. The van der Waals surface area contributed by atoms with Crippen molar-refractivity contribution in [2.75, 3.05) is 12.0 Å². The van der Waals surface area contributed by atoms with Crippen molar-refractivity contribution in [2.24, 2.45) is 0 Å². The number of aryl methyl sites for hydroxylation is 1. The largest absolute Gasteiger partial charge is 0.507 e. The number of thiazole rings is 1. The van der Waals surface area contributed by atoms with Gasteiger partial charge in [-0.1, -0.05) is 74.6 Å². The fourth-order valence-electron chi connectivity index (χ4n) is 4.56. The van der Waals surface area contributed by atoms with Crippen molar-refractivity contribution in [1.82, 2.24) is 4.98 Å². The molecule has 6 nitrogen and oxygen atoms in total. The molecule has 0 aliphatic carbocycles. The van der Waals surface area contributed by atoms with Crippen molar-refractivity contribution in [3.8, 4) is 5.75 Å². The number of carbonyl (C=O) groups excluding carboxylic acids is 2. The molecule has 0 radical (unpaired) electrons. The van der Waals surface area contributed by atoms with Crippen molar-refractivity contribution >= 4 is 44.1 Å². The van der Waals surface area contributed by atoms with Crippen LogP contribution in [0.1, 0.15) is 49.1 Å². The Kier molecular flexibility index (Phi) is 6.12. The van der Waals surface area contributed by atoms with E-state index in [0.29, 0.717) is 22.0 Å². The fourth-order valence-corrected chi connectivity index (χ4v) is 5.65. The maximum absolute atomic E-state index is 13.5. The van der Waals surface area contributed by atoms with Gasteiger partial charge in [-0.15, -0.1) is 0 Å². The van der Waals surface area contributed by atoms with E-state index in [-0.39, 0.29) is 16.7 Å². The first kappa shape index (κ1) is 24.7. The van der Waals surface area contributed by atoms with Crippen molar-refractivity contribution in [3.63, 3.8) is 0 Å². The molecule has 7 heteroatoms. The SMILES string of the molecule is COc1cccc(/C(O)=C2\C(=O)C(=O)N(c3nc4ccc(C)cc4s3)[C@@H]2c2ccc(C(C)(C)C)cc2)c1. The fraction of sp³-hybridized carbons (Fsp3) is 0.233. The predicted octanol–water partition coefficient (Wildman–Crippen LogP) is 6.54. The highest BCUT2D eigenvalue weighted by molar-refractivity contribution is 7.22. The molecule has 2 heterocycles. The Labute approximate surface area is 219 Å². The van der Waals surface area contributed by atoms with Crippen LogP contribution in [0, 0.1) is 6.92 Å². The van der Waals surface area contributed by atoms with Gasteiger partial charge in [0.15, 0.2) is 5.13 Å². The average molecular weight is 513 g/mol. The van der Waals surface area contributed by atoms with Crippen LogP contribution in [0.5, 0.6) is 5.75 Å². The second-order valence-corrected chi connectivity index (χ2v) is 11.2. The topological polar surface area (TPSA) is 79.7 Å². The molecule has 3 aromatic carbocycles. The minimum atomic E-state index is -0.832. The number of aliphatic hydroxyl groups is 1. The zero-order valence-electron chi connectivity index (χ0n) is 21.4. The van der Waals surface area contributed by atoms with E-state index in [2.05, 4.69) is 20.8 Å². The number of nitrogens with zero attached hydrogens (tertiary/aromatic N) is 2. The summed E-state index contributed by atoms with van der Waals surface area (Å²) in [6, 6.07) is 19.7. The van der Waals surface area contributed by atoms with E-state index in [1.165, 1.54) is 23.3 Å². The highest BCUT2D eigenvalue weighted by Crippen LogP contribution is 2.44. The van der Waals surface area contributed by atoms with Crippen LogP contribution in [-0.4, -0.2) is 28.9 Å². The molecule has 1 aliphatic heterocycles. The van der Waals surface area contributed by atoms with Gasteiger partial charge in [-0.2, -0.15) is 0 Å². The molecule has 1 atom stereocenters. The zero-order valence-corrected chi connectivity index (χ0v) is 22.2. The number of carbonyl (C=O) groups is 2. The van der Waals surface area contributed by atoms with Gasteiger partial charge in [0.2, 0.25) is 0 Å². The summed E-state index contributed by atoms with van der Waals surface area (Å²) in [5, 5.41) is 11.8. The van der Waals surface area contributed by atoms with Crippen LogP contribution in [0.4, 0.5) is 5.13 Å². The molecule has 37 heavy (non-hydrogen) atoms. The van der Waals surface area contributed by atoms with Crippen molar-refractivity contribution in [1.29, 1.82) is 0 Å². The van der Waals surface area contributed by atoms with E-state index < -0.39 is 17.7 Å². The van der Waals surface area contributed by atoms with Crippen LogP contribution in [0.25, 0.3) is 16.0 Å². The van der Waals surface area contributed by atoms with Crippen LogP contribution < -0.4 is 9.64 Å². The van der Waals surface area contributed by atoms with E-state index >= 15 is 0 Å². The Morgan fingerprint density at radius 1 is 1.03 bits per heavy atom. The molecule has 1 amide bonds. The van der Waals surface area contributed by atoms with Crippen LogP contribution >= 0.6 is 11.3 Å². The van der Waals surface area contributed by atoms with Crippen LogP contribution in [0.3, 0.4) is 0 Å². The quantitative estimate of drug-likeness (QED) is 0.191. The molecule has 1 fully saturated rings. The van der Waals surface area contributed by atoms with Gasteiger partial charge in [-0.05, 0) is 53.3 Å². The number of methoxy groups -OCH3 is 1. The van der Waals surface area contributed by atoms with Gasteiger partial charge in [-0.3, -0.25) is 14.5 Å². The molecule has 0 spiro atoms. The van der Waals surface area contributed by atoms with Crippen molar-refractivity contribution in [3.05, 3.63) is 94.6 Å². The zero-order chi connectivity index (χ0) is 26.5. The van der Waals surface area contributed by atoms with Gasteiger partial charge in [0, 0.05) is 5.56 Å². The van der Waals surface area contributed by atoms with Gasteiger partial charge >= 0.3 is 5.91 Å². The first-order valence-corrected chi connectivity index (χ1v) is 12.8. The van der Waals surface area contributed by atoms with Crippen LogP contribution in [0.15, 0.2) is 72.3 Å². The Hall–Kier alpha value is -3.97. The Balaban J connectivity index is 1.72. The van der Waals surface area contributed by atoms with Gasteiger partial charge in [0.05, 0.1) is 28.9 Å². The summed E-state index contributed by atoms with van der Waals surface area (Å²) in [6.45, 7) is 8.37. The number of benzene rings is 3. The number of ketones is 1. The molecule has 0 unspecified atom stereocenters. The standard InChI is InChI=1S/C30H28N2O4S/c1-17-9-14-22-23(15-17)37-29(31-22)32-25(18-10-12-20(13-11-18)30(2,3)4)24(27(34)28(32)35)26(33)19-7-6-8-21(16-19)36-5/h6-16,25,33H,1-5H3/b26-24+/t25-/m1/s1. The highest BCUT2D eigenvalue weighted by atomic mass is 32.1. The number of rotatable bonds is 4. The van der Waals surface area contributed by atoms with Crippen LogP contribution in [-0.2, 0) is 15.0 Å². The van der Waals surface area contributed by atoms with Crippen molar-refractivity contribution < 1.29 is 19.4 Å². The number of hydrogen-bond acceptors (Lipinski definition) is 6. The Morgan fingerprint density at radius 2 is 1.76 bits per heavy atom. The Bertz CT molecular complexity index is 1560. The van der Waals surface area contributed by atoms with Crippen molar-refractivity contribution in [2.45, 2.75) is 39.2 Å². The summed E-state index contributed by atoms with van der Waals surface area (Å²) in [5.74, 6) is -1.18. The van der Waals surface area contributed by atoms with Gasteiger partial charge in [0.1, 0.15) is 11.5 Å². The molecular formula is C30H28N2O4S. The molecule has 1 N–H and O–H groups in total. The third-order valence-electron chi connectivity index (χ3n) is 6.62. The molecular weight excluding hydrogens is 484 g/mol. The summed E-state index contributed by atoms with van der Waals surface area (Å²) < 4.78 is 6.22. The number of amides is 1. The monoisotopic (exact) mass is 512 g/mol. The number of anilines is 1. The molecule has 0 bridgehead atoms. The first-order chi connectivity index (χ1) is 17.6. The molecule has 188 valence electrons. The minimum Gasteiger partial charge on any atom is -0.507 e. The lowest BCUT2D eigenvalue weighted by Gasteiger charge is -2.24. The summed E-state index contributed by atoms with van der Waals surface area (Å²) in [5.41, 5.74) is 4.03. The molecule has 1 aromatic heterocycles. The summed E-state index contributed by atoms with van der Waals surface area (Å²) in [7, 11) is 1.53. The molecule has 1 saturated heterocycles. The van der Waals surface area contributed by atoms with Crippen LogP contribution in [0.2, 0.25) is 0 Å². The second-order valence-electron chi connectivity index (χ2n) is 10.2. The lowest BCUT2D eigenvalue weighted by molar-refractivity contribution is -0.132. The van der Waals surface area contributed by atoms with E-state index in [9.17, 15) is 14.7 Å². The summed E-state index contributed by atoms with van der Waals surface area (Å²) >= 11 is 1.35. The summed E-state index contributed by atoms with van der Waals surface area (Å²) in [4.78, 5) is 33.1. The average Bonchev–Trinajstić information content (AvgIpc) is 3.40. The second kappa shape index (κ2) is 9.16. The predicted molar refractivity (Wildman–Crippen MR) is 147 cm³/mol. The third-order valence-corrected chi connectivity index (χ3v) is 7.64. The Morgan fingerprint density at radius 3 is 2.43 bits per heavy atom. The van der Waals surface area contributed by atoms with E-state index in [1.807, 2.05) is 49.4 Å². The minimum absolute atomic E-state index is 0.0252. The first-order valence-electron chi connectivity index (χ1n) is 12.0. The number of aromatic nitrogens is 1. The van der Waals surface area contributed by atoms with E-state index in [0.717, 1.165) is 21.3 Å². The van der Waals surface area contributed by atoms with Gasteiger partial charge in [0.25, 0.3) is 5.78 Å². The number of hydrogen-bond donors (Lipinski definition) is 1. The normalized spacial score (nSPS) is 17.5. The molecule has 0 saturated carbocycles. The number of aliphatic hydroxyl groups excluding tert-OH is 1.